The summed E-state index contributed by atoms with van der Waals surface area (Å²) in [5.74, 6) is -1.94. The molecule has 2 aromatic rings. The molecular formula is C23H25N3O5. The number of carbonyl (C=O) groups excluding carboxylic acids is 4. The monoisotopic (exact) mass is 423 g/mol. The molecule has 1 heterocycles. The zero-order valence-electron chi connectivity index (χ0n) is 17.5. The van der Waals surface area contributed by atoms with Crippen molar-refractivity contribution in [3.8, 4) is 0 Å². The van der Waals surface area contributed by atoms with Crippen molar-refractivity contribution < 1.29 is 23.9 Å². The Hall–Kier alpha value is -3.68. The van der Waals surface area contributed by atoms with Gasteiger partial charge in [-0.05, 0) is 36.8 Å². The largest absolute Gasteiger partial charge is 0.455 e. The van der Waals surface area contributed by atoms with Gasteiger partial charge in [-0.3, -0.25) is 19.2 Å². The summed E-state index contributed by atoms with van der Waals surface area (Å²) in [4.78, 5) is 49.5. The van der Waals surface area contributed by atoms with Crippen LogP contribution in [0.3, 0.4) is 0 Å². The summed E-state index contributed by atoms with van der Waals surface area (Å²) in [5, 5.41) is 5.25. The van der Waals surface area contributed by atoms with E-state index in [1.807, 2.05) is 37.3 Å². The molecular weight excluding hydrogens is 398 g/mol. The van der Waals surface area contributed by atoms with Gasteiger partial charge in [0.2, 0.25) is 11.8 Å². The van der Waals surface area contributed by atoms with E-state index in [1.165, 1.54) is 6.92 Å². The van der Waals surface area contributed by atoms with Crippen molar-refractivity contribution in [1.29, 1.82) is 0 Å². The van der Waals surface area contributed by atoms with Crippen LogP contribution in [0.1, 0.15) is 31.9 Å². The number of ether oxygens (including phenoxy) is 1. The molecule has 0 unspecified atom stereocenters. The summed E-state index contributed by atoms with van der Waals surface area (Å²) in [6.07, 6.45) is 0.0717. The van der Waals surface area contributed by atoms with Crippen LogP contribution in [-0.4, -0.2) is 41.7 Å². The molecule has 0 bridgehead atoms. The molecule has 1 saturated heterocycles. The normalized spacial score (nSPS) is 16.5. The number of nitrogens with zero attached hydrogens (tertiary/aromatic N) is 1. The maximum atomic E-state index is 12.4. The Morgan fingerprint density at radius 3 is 2.26 bits per heavy atom. The lowest BCUT2D eigenvalue weighted by Crippen LogP contribution is -2.30. The minimum absolute atomic E-state index is 0.0717. The first-order chi connectivity index (χ1) is 14.8. The molecule has 8 nitrogen and oxygen atoms in total. The van der Waals surface area contributed by atoms with Gasteiger partial charge in [0.05, 0.1) is 12.0 Å². The number of likely N-dealkylation sites (tertiary alicyclic amines) is 1. The molecule has 2 atom stereocenters. The SMILES string of the molecule is CC(=O)Nc1ccc(NC(=O)COC(=O)[C@H]2CC(=O)N([C@H](C)c3ccccc3)C2)cc1. The molecule has 2 N–H and O–H groups in total. The van der Waals surface area contributed by atoms with Gasteiger partial charge in [-0.25, -0.2) is 0 Å². The average Bonchev–Trinajstić information content (AvgIpc) is 3.15. The van der Waals surface area contributed by atoms with Gasteiger partial charge in [-0.1, -0.05) is 30.3 Å². The van der Waals surface area contributed by atoms with E-state index in [4.69, 9.17) is 4.74 Å². The van der Waals surface area contributed by atoms with Gasteiger partial charge in [-0.2, -0.15) is 0 Å². The quantitative estimate of drug-likeness (QED) is 0.667. The molecule has 8 heteroatoms. The Bertz CT molecular complexity index is 959. The van der Waals surface area contributed by atoms with E-state index in [0.717, 1.165) is 5.56 Å². The van der Waals surface area contributed by atoms with Crippen LogP contribution in [0.2, 0.25) is 0 Å². The highest BCUT2D eigenvalue weighted by molar-refractivity contribution is 5.94. The number of carbonyl (C=O) groups is 4. The first-order valence-electron chi connectivity index (χ1n) is 10.0. The lowest BCUT2D eigenvalue weighted by Gasteiger charge is -2.25. The molecule has 3 rings (SSSR count). The smallest absolute Gasteiger partial charge is 0.311 e. The van der Waals surface area contributed by atoms with Crippen molar-refractivity contribution >= 4 is 35.1 Å². The van der Waals surface area contributed by atoms with Crippen LogP contribution in [0.15, 0.2) is 54.6 Å². The second kappa shape index (κ2) is 9.88. The fourth-order valence-electron chi connectivity index (χ4n) is 3.47. The highest BCUT2D eigenvalue weighted by atomic mass is 16.5. The lowest BCUT2D eigenvalue weighted by molar-refractivity contribution is -0.151. The van der Waals surface area contributed by atoms with Crippen LogP contribution < -0.4 is 10.6 Å². The summed E-state index contributed by atoms with van der Waals surface area (Å²) < 4.78 is 5.13. The molecule has 1 fully saturated rings. The number of benzene rings is 2. The Kier molecular flexibility index (Phi) is 7.02. The third kappa shape index (κ3) is 5.91. The van der Waals surface area contributed by atoms with Crippen LogP contribution in [0.5, 0.6) is 0 Å². The highest BCUT2D eigenvalue weighted by Crippen LogP contribution is 2.29. The molecule has 0 radical (unpaired) electrons. The summed E-state index contributed by atoms with van der Waals surface area (Å²) in [6.45, 7) is 3.15. The zero-order chi connectivity index (χ0) is 22.4. The predicted octanol–water partition coefficient (Wildman–Crippen LogP) is 2.74. The van der Waals surface area contributed by atoms with Gasteiger partial charge in [0.1, 0.15) is 0 Å². The second-order valence-corrected chi connectivity index (χ2v) is 7.45. The molecule has 162 valence electrons. The molecule has 3 amide bonds. The number of anilines is 2. The standard InChI is InChI=1S/C23H25N3O5/c1-15(17-6-4-3-5-7-17)26-13-18(12-22(26)29)23(30)31-14-21(28)25-20-10-8-19(9-11-20)24-16(2)27/h3-11,15,18H,12-14H2,1-2H3,(H,24,27)(H,25,28)/t15-,18+/m1/s1. The Morgan fingerprint density at radius 1 is 1.03 bits per heavy atom. The van der Waals surface area contributed by atoms with E-state index in [1.54, 1.807) is 29.2 Å². The van der Waals surface area contributed by atoms with Crippen LogP contribution in [0.25, 0.3) is 0 Å². The number of rotatable bonds is 7. The van der Waals surface area contributed by atoms with Crippen LogP contribution in [0, 0.1) is 5.92 Å². The number of hydrogen-bond acceptors (Lipinski definition) is 5. The van der Waals surface area contributed by atoms with Gasteiger partial charge in [0.25, 0.3) is 5.91 Å². The Balaban J connectivity index is 1.47. The predicted molar refractivity (Wildman–Crippen MR) is 115 cm³/mol. The fourth-order valence-corrected chi connectivity index (χ4v) is 3.47. The first-order valence-corrected chi connectivity index (χ1v) is 10.0. The van der Waals surface area contributed by atoms with E-state index in [-0.39, 0.29) is 30.8 Å². The summed E-state index contributed by atoms with van der Waals surface area (Å²) >= 11 is 0. The maximum absolute atomic E-state index is 12.4. The van der Waals surface area contributed by atoms with Crippen molar-refractivity contribution in [3.63, 3.8) is 0 Å². The molecule has 31 heavy (non-hydrogen) atoms. The van der Waals surface area contributed by atoms with Gasteiger partial charge >= 0.3 is 5.97 Å². The minimum Gasteiger partial charge on any atom is -0.455 e. The lowest BCUT2D eigenvalue weighted by atomic mass is 10.1. The van der Waals surface area contributed by atoms with Crippen LogP contribution in [0.4, 0.5) is 11.4 Å². The summed E-state index contributed by atoms with van der Waals surface area (Å²) in [7, 11) is 0. The van der Waals surface area contributed by atoms with Crippen molar-refractivity contribution in [2.75, 3.05) is 23.8 Å². The number of amides is 3. The maximum Gasteiger partial charge on any atom is 0.311 e. The van der Waals surface area contributed by atoms with E-state index in [9.17, 15) is 19.2 Å². The molecule has 0 saturated carbocycles. The van der Waals surface area contributed by atoms with E-state index >= 15 is 0 Å². The van der Waals surface area contributed by atoms with Crippen LogP contribution >= 0.6 is 0 Å². The molecule has 1 aliphatic heterocycles. The van der Waals surface area contributed by atoms with Crippen molar-refractivity contribution in [3.05, 3.63) is 60.2 Å². The van der Waals surface area contributed by atoms with E-state index < -0.39 is 24.4 Å². The topological polar surface area (TPSA) is 105 Å². The molecule has 0 aliphatic carbocycles. The molecule has 0 aromatic heterocycles. The third-order valence-corrected chi connectivity index (χ3v) is 5.08. The van der Waals surface area contributed by atoms with Crippen molar-refractivity contribution in [2.24, 2.45) is 5.92 Å². The fraction of sp³-hybridized carbons (Fsp3) is 0.304. The molecule has 2 aromatic carbocycles. The first kappa shape index (κ1) is 22.0. The van der Waals surface area contributed by atoms with Gasteiger partial charge < -0.3 is 20.3 Å². The third-order valence-electron chi connectivity index (χ3n) is 5.08. The summed E-state index contributed by atoms with van der Waals surface area (Å²) in [6, 6.07) is 16.0. The second-order valence-electron chi connectivity index (χ2n) is 7.45. The van der Waals surface area contributed by atoms with Gasteiger partial charge in [0, 0.05) is 31.3 Å². The zero-order valence-corrected chi connectivity index (χ0v) is 17.5. The minimum atomic E-state index is -0.594. The molecule has 0 spiro atoms. The van der Waals surface area contributed by atoms with E-state index in [0.29, 0.717) is 11.4 Å². The van der Waals surface area contributed by atoms with Crippen molar-refractivity contribution in [1.82, 2.24) is 4.90 Å². The van der Waals surface area contributed by atoms with E-state index in [2.05, 4.69) is 10.6 Å². The summed E-state index contributed by atoms with van der Waals surface area (Å²) in [5.41, 5.74) is 2.11. The number of nitrogens with one attached hydrogen (secondary N) is 2. The Labute approximate surface area is 180 Å². The van der Waals surface area contributed by atoms with Gasteiger partial charge in [-0.15, -0.1) is 0 Å². The van der Waals surface area contributed by atoms with Gasteiger partial charge in [0.15, 0.2) is 6.61 Å². The van der Waals surface area contributed by atoms with Crippen LogP contribution in [-0.2, 0) is 23.9 Å². The number of hydrogen-bond donors (Lipinski definition) is 2. The Morgan fingerprint density at radius 2 is 1.65 bits per heavy atom. The highest BCUT2D eigenvalue weighted by Gasteiger charge is 2.38. The average molecular weight is 423 g/mol. The van der Waals surface area contributed by atoms with Crippen molar-refractivity contribution in [2.45, 2.75) is 26.3 Å². The number of esters is 1. The molecule has 1 aliphatic rings.